The van der Waals surface area contributed by atoms with E-state index < -0.39 is 0 Å². The number of nitrogens with two attached hydrogens (primary N) is 1. The fourth-order valence-electron chi connectivity index (χ4n) is 5.64. The monoisotopic (exact) mass is 263 g/mol. The molecule has 3 N–H and O–H groups in total. The number of hydrogen-bond acceptors (Lipinski definition) is 2. The molecule has 0 saturated heterocycles. The van der Waals surface area contributed by atoms with Crippen LogP contribution in [0.3, 0.4) is 0 Å². The van der Waals surface area contributed by atoms with Crippen molar-refractivity contribution in [2.75, 3.05) is 0 Å². The van der Waals surface area contributed by atoms with Gasteiger partial charge in [-0.05, 0) is 76.5 Å². The van der Waals surface area contributed by atoms with Crippen LogP contribution in [0.5, 0.6) is 0 Å². The van der Waals surface area contributed by atoms with Crippen LogP contribution in [0, 0.1) is 22.7 Å². The van der Waals surface area contributed by atoms with Gasteiger partial charge in [0.2, 0.25) is 0 Å². The molecule has 19 heavy (non-hydrogen) atoms. The van der Waals surface area contributed by atoms with Gasteiger partial charge in [0.05, 0.1) is 5.54 Å². The van der Waals surface area contributed by atoms with Crippen molar-refractivity contribution >= 4 is 5.84 Å². The molecule has 0 radical (unpaired) electrons. The zero-order chi connectivity index (χ0) is 13.9. The van der Waals surface area contributed by atoms with Crippen LogP contribution >= 0.6 is 0 Å². The maximum Gasteiger partial charge on any atom is 0.117 e. The number of hydrazine groups is 1. The van der Waals surface area contributed by atoms with Crippen LogP contribution in [-0.4, -0.2) is 11.4 Å². The standard InChI is InChI=1S/C16H29N3/c1-14(2,3)18-13(19-17)16-8-11-5-12(9-16)7-15(4,6-11)10-16/h11-12H,5-10,17H2,1-4H3,(H,18,19). The van der Waals surface area contributed by atoms with Crippen molar-refractivity contribution in [2.24, 2.45) is 33.5 Å². The first-order chi connectivity index (χ1) is 8.74. The summed E-state index contributed by atoms with van der Waals surface area (Å²) >= 11 is 0. The lowest BCUT2D eigenvalue weighted by atomic mass is 9.44. The molecule has 4 rings (SSSR count). The quantitative estimate of drug-likeness (QED) is 0.330. The minimum Gasteiger partial charge on any atom is -0.312 e. The molecule has 0 aliphatic heterocycles. The van der Waals surface area contributed by atoms with Crippen LogP contribution in [0.15, 0.2) is 4.99 Å². The van der Waals surface area contributed by atoms with Crippen molar-refractivity contribution in [3.05, 3.63) is 0 Å². The summed E-state index contributed by atoms with van der Waals surface area (Å²) in [5.41, 5.74) is 3.73. The van der Waals surface area contributed by atoms with E-state index in [1.54, 1.807) is 0 Å². The highest BCUT2D eigenvalue weighted by molar-refractivity contribution is 5.88. The summed E-state index contributed by atoms with van der Waals surface area (Å²) in [6.45, 7) is 8.97. The molecule has 4 aliphatic carbocycles. The van der Waals surface area contributed by atoms with Gasteiger partial charge in [0.15, 0.2) is 0 Å². The van der Waals surface area contributed by atoms with Crippen molar-refractivity contribution in [1.82, 2.24) is 5.43 Å². The van der Waals surface area contributed by atoms with Crippen LogP contribution in [0.4, 0.5) is 0 Å². The number of nitrogens with zero attached hydrogens (tertiary/aromatic N) is 1. The number of nitrogens with one attached hydrogen (secondary N) is 1. The molecule has 4 bridgehead atoms. The molecule has 0 aromatic heterocycles. The summed E-state index contributed by atoms with van der Waals surface area (Å²) in [6.07, 6.45) is 8.20. The lowest BCUT2D eigenvalue weighted by molar-refractivity contribution is -0.0696. The first-order valence-corrected chi connectivity index (χ1v) is 7.81. The van der Waals surface area contributed by atoms with Gasteiger partial charge in [-0.3, -0.25) is 4.99 Å². The molecule has 2 atom stereocenters. The van der Waals surface area contributed by atoms with E-state index in [-0.39, 0.29) is 11.0 Å². The predicted molar refractivity (Wildman–Crippen MR) is 79.7 cm³/mol. The van der Waals surface area contributed by atoms with Gasteiger partial charge < -0.3 is 5.43 Å². The average molecular weight is 263 g/mol. The third-order valence-electron chi connectivity index (χ3n) is 5.44. The number of rotatable bonds is 1. The second-order valence-corrected chi connectivity index (χ2v) is 8.83. The normalized spacial score (nSPS) is 45.6. The van der Waals surface area contributed by atoms with Gasteiger partial charge >= 0.3 is 0 Å². The Morgan fingerprint density at radius 1 is 1.16 bits per heavy atom. The van der Waals surface area contributed by atoms with Crippen molar-refractivity contribution in [3.63, 3.8) is 0 Å². The molecule has 0 heterocycles. The van der Waals surface area contributed by atoms with E-state index in [0.29, 0.717) is 5.41 Å². The third-order valence-corrected chi connectivity index (χ3v) is 5.44. The molecule has 0 amide bonds. The Morgan fingerprint density at radius 3 is 2.16 bits per heavy atom. The Bertz CT molecular complexity index is 391. The fraction of sp³-hybridized carbons (Fsp3) is 0.938. The SMILES string of the molecule is CC12CC3CC(C1)CC(C(=NC(C)(C)C)NN)(C3)C2. The molecule has 4 fully saturated rings. The number of amidine groups is 1. The highest BCUT2D eigenvalue weighted by Crippen LogP contribution is 2.65. The summed E-state index contributed by atoms with van der Waals surface area (Å²) in [5.74, 6) is 8.76. The third kappa shape index (κ3) is 2.31. The Labute approximate surface area is 117 Å². The first-order valence-electron chi connectivity index (χ1n) is 7.81. The van der Waals surface area contributed by atoms with E-state index in [4.69, 9.17) is 10.8 Å². The van der Waals surface area contributed by atoms with Gasteiger partial charge in [0, 0.05) is 5.41 Å². The molecular formula is C16H29N3. The van der Waals surface area contributed by atoms with E-state index in [1.807, 2.05) is 0 Å². The van der Waals surface area contributed by atoms with Crippen LogP contribution < -0.4 is 11.3 Å². The van der Waals surface area contributed by atoms with E-state index in [1.165, 1.54) is 38.5 Å². The van der Waals surface area contributed by atoms with Crippen LogP contribution in [0.1, 0.15) is 66.2 Å². The maximum absolute atomic E-state index is 5.86. The van der Waals surface area contributed by atoms with Gasteiger partial charge in [-0.1, -0.05) is 6.92 Å². The molecule has 2 unspecified atom stereocenters. The van der Waals surface area contributed by atoms with Crippen molar-refractivity contribution in [2.45, 2.75) is 71.8 Å². The van der Waals surface area contributed by atoms with Crippen LogP contribution in [0.2, 0.25) is 0 Å². The highest BCUT2D eigenvalue weighted by Gasteiger charge is 2.57. The summed E-state index contributed by atoms with van der Waals surface area (Å²) < 4.78 is 0. The lowest BCUT2D eigenvalue weighted by Crippen LogP contribution is -2.58. The Morgan fingerprint density at radius 2 is 1.74 bits per heavy atom. The molecule has 4 saturated carbocycles. The second kappa shape index (κ2) is 3.97. The minimum atomic E-state index is -0.0497. The molecule has 4 aliphatic rings. The Hall–Kier alpha value is -0.570. The summed E-state index contributed by atoms with van der Waals surface area (Å²) in [5, 5.41) is 0. The summed E-state index contributed by atoms with van der Waals surface area (Å²) in [6, 6.07) is 0. The van der Waals surface area contributed by atoms with Gasteiger partial charge in [0.25, 0.3) is 0 Å². The van der Waals surface area contributed by atoms with E-state index in [2.05, 4.69) is 33.1 Å². The fourth-order valence-corrected chi connectivity index (χ4v) is 5.64. The van der Waals surface area contributed by atoms with Gasteiger partial charge in [-0.15, -0.1) is 0 Å². The predicted octanol–water partition coefficient (Wildman–Crippen LogP) is 3.25. The smallest absolute Gasteiger partial charge is 0.117 e. The number of aliphatic imine (C=N–C) groups is 1. The van der Waals surface area contributed by atoms with Crippen molar-refractivity contribution in [3.8, 4) is 0 Å². The van der Waals surface area contributed by atoms with E-state index in [0.717, 1.165) is 17.7 Å². The average Bonchev–Trinajstić information content (AvgIpc) is 2.20. The maximum atomic E-state index is 5.86. The first kappa shape index (κ1) is 13.4. The van der Waals surface area contributed by atoms with Gasteiger partial charge in [-0.2, -0.15) is 0 Å². The minimum absolute atomic E-state index is 0.0497. The summed E-state index contributed by atoms with van der Waals surface area (Å²) in [4.78, 5) is 4.93. The molecule has 3 nitrogen and oxygen atoms in total. The van der Waals surface area contributed by atoms with Gasteiger partial charge in [0.1, 0.15) is 5.84 Å². The second-order valence-electron chi connectivity index (χ2n) is 8.83. The van der Waals surface area contributed by atoms with E-state index >= 15 is 0 Å². The molecule has 0 aromatic rings. The van der Waals surface area contributed by atoms with Crippen LogP contribution in [0.25, 0.3) is 0 Å². The molecule has 108 valence electrons. The van der Waals surface area contributed by atoms with Gasteiger partial charge in [-0.25, -0.2) is 5.84 Å². The Balaban J connectivity index is 1.97. The van der Waals surface area contributed by atoms with Crippen molar-refractivity contribution in [1.29, 1.82) is 0 Å². The summed E-state index contributed by atoms with van der Waals surface area (Å²) in [7, 11) is 0. The lowest BCUT2D eigenvalue weighted by Gasteiger charge is -2.61. The van der Waals surface area contributed by atoms with Crippen LogP contribution in [-0.2, 0) is 0 Å². The molecular weight excluding hydrogens is 234 g/mol. The molecule has 3 heteroatoms. The Kier molecular flexibility index (Phi) is 2.80. The number of hydrogen-bond donors (Lipinski definition) is 2. The zero-order valence-electron chi connectivity index (χ0n) is 12.9. The van der Waals surface area contributed by atoms with Crippen molar-refractivity contribution < 1.29 is 0 Å². The molecule has 0 spiro atoms. The topological polar surface area (TPSA) is 50.4 Å². The highest BCUT2D eigenvalue weighted by atomic mass is 15.3. The van der Waals surface area contributed by atoms with E-state index in [9.17, 15) is 0 Å². The molecule has 0 aromatic carbocycles. The zero-order valence-corrected chi connectivity index (χ0v) is 12.9. The largest absolute Gasteiger partial charge is 0.312 e.